The van der Waals surface area contributed by atoms with Crippen LogP contribution in [-0.4, -0.2) is 107 Å². The highest BCUT2D eigenvalue weighted by molar-refractivity contribution is 7.93. The highest BCUT2D eigenvalue weighted by atomic mass is 35.5. The van der Waals surface area contributed by atoms with E-state index < -0.39 is 27.5 Å². The Morgan fingerprint density at radius 2 is 1.61 bits per heavy atom. The number of likely N-dealkylation sites (tertiary alicyclic amines) is 1. The van der Waals surface area contributed by atoms with E-state index in [0.29, 0.717) is 35.2 Å². The van der Waals surface area contributed by atoms with Gasteiger partial charge in [-0.15, -0.1) is 24.8 Å². The molecular weight excluding hydrogens is 755 g/mol. The van der Waals surface area contributed by atoms with Crippen molar-refractivity contribution in [3.8, 4) is 23.3 Å². The second-order valence-corrected chi connectivity index (χ2v) is 15.2. The fraction of sp³-hybridized carbons (Fsp3) is 0.447. The second kappa shape index (κ2) is 17.5. The largest absolute Gasteiger partial charge is 0.497 e. The summed E-state index contributed by atoms with van der Waals surface area (Å²) in [5.74, 6) is -0.343. The van der Waals surface area contributed by atoms with Crippen molar-refractivity contribution < 1.29 is 32.2 Å². The molecule has 6 rings (SSSR count). The molecule has 3 aromatic carbocycles. The number of hydrogen-bond acceptors (Lipinski definition) is 10. The molecule has 2 saturated heterocycles. The number of piperidine rings is 1. The Balaban J connectivity index is 0.00000325. The number of carbonyl (C=O) groups is 2. The Labute approximate surface area is 330 Å². The zero-order valence-corrected chi connectivity index (χ0v) is 33.6. The molecule has 3 aliphatic rings. The van der Waals surface area contributed by atoms with E-state index in [2.05, 4.69) is 35.0 Å². The van der Waals surface area contributed by atoms with Gasteiger partial charge in [-0.05, 0) is 70.0 Å². The SMILES string of the molecule is CCOc1ccccc1C1(NC(=O)N2CCC(N3CCN(C(C)C)CC3)CC2)C(=O)N(S(=O)(=O)c2ccc(OC)cc2OC)c2ccc(C#N)cc21.Cl.Cl. The van der Waals surface area contributed by atoms with Crippen molar-refractivity contribution in [3.05, 3.63) is 77.4 Å². The molecule has 0 spiro atoms. The number of carbonyl (C=O) groups excluding carboxylic acids is 2. The van der Waals surface area contributed by atoms with Crippen LogP contribution >= 0.6 is 24.8 Å². The molecule has 0 radical (unpaired) electrons. The standard InChI is InChI=1S/C38H46N6O7S.2ClH/c1-6-51-33-10-8-7-9-30(33)38(40-37(46)43-17-15-28(16-18-43)42-21-19-41(20-22-42)26(2)3)31-23-27(25-39)11-13-32(31)44(36(38)45)52(47,48)35-14-12-29(49-4)24-34(35)50-5;;/h7-14,23-24,26,28H,6,15-22H2,1-5H3,(H,40,46);2*1H. The van der Waals surface area contributed by atoms with Gasteiger partial charge >= 0.3 is 6.03 Å². The zero-order chi connectivity index (χ0) is 37.2. The minimum Gasteiger partial charge on any atom is -0.497 e. The predicted molar refractivity (Wildman–Crippen MR) is 210 cm³/mol. The van der Waals surface area contributed by atoms with E-state index in [1.54, 1.807) is 36.1 Å². The number of sulfonamides is 1. The zero-order valence-electron chi connectivity index (χ0n) is 31.1. The molecule has 3 aliphatic heterocycles. The molecule has 1 atom stereocenters. The summed E-state index contributed by atoms with van der Waals surface area (Å²) in [7, 11) is -1.91. The second-order valence-electron chi connectivity index (χ2n) is 13.4. The number of anilines is 1. The summed E-state index contributed by atoms with van der Waals surface area (Å²) in [6, 6.07) is 17.7. The molecule has 0 aliphatic carbocycles. The summed E-state index contributed by atoms with van der Waals surface area (Å²) in [5, 5.41) is 13.0. The molecule has 54 heavy (non-hydrogen) atoms. The molecule has 13 nitrogen and oxygen atoms in total. The monoisotopic (exact) mass is 802 g/mol. The number of nitrogens with zero attached hydrogens (tertiary/aromatic N) is 5. The van der Waals surface area contributed by atoms with Crippen LogP contribution in [0.5, 0.6) is 17.2 Å². The highest BCUT2D eigenvalue weighted by Crippen LogP contribution is 2.50. The molecule has 2 fully saturated rings. The summed E-state index contributed by atoms with van der Waals surface area (Å²) >= 11 is 0. The van der Waals surface area contributed by atoms with Crippen LogP contribution in [0.2, 0.25) is 0 Å². The van der Waals surface area contributed by atoms with Gasteiger partial charge in [-0.1, -0.05) is 18.2 Å². The smallest absolute Gasteiger partial charge is 0.318 e. The molecule has 3 heterocycles. The average Bonchev–Trinajstić information content (AvgIpc) is 3.42. The van der Waals surface area contributed by atoms with Crippen molar-refractivity contribution in [3.63, 3.8) is 0 Å². The van der Waals surface area contributed by atoms with Gasteiger partial charge in [-0.2, -0.15) is 9.57 Å². The fourth-order valence-corrected chi connectivity index (χ4v) is 9.19. The van der Waals surface area contributed by atoms with Crippen molar-refractivity contribution in [2.75, 3.05) is 64.4 Å². The number of amides is 3. The third-order valence-electron chi connectivity index (χ3n) is 10.4. The number of nitriles is 1. The third-order valence-corrected chi connectivity index (χ3v) is 12.1. The van der Waals surface area contributed by atoms with Gasteiger partial charge < -0.3 is 24.4 Å². The van der Waals surface area contributed by atoms with E-state index in [1.807, 2.05) is 0 Å². The van der Waals surface area contributed by atoms with E-state index in [0.717, 1.165) is 39.0 Å². The Kier molecular flexibility index (Phi) is 13.7. The molecule has 3 amide bonds. The van der Waals surface area contributed by atoms with Crippen LogP contribution in [0, 0.1) is 11.3 Å². The fourth-order valence-electron chi connectivity index (χ4n) is 7.58. The molecule has 1 unspecified atom stereocenters. The number of nitrogens with one attached hydrogen (secondary N) is 1. The van der Waals surface area contributed by atoms with Crippen LogP contribution in [0.15, 0.2) is 65.6 Å². The molecule has 0 bridgehead atoms. The van der Waals surface area contributed by atoms with Gasteiger partial charge in [0.2, 0.25) is 0 Å². The topological polar surface area (TPSA) is 145 Å². The number of rotatable bonds is 10. The van der Waals surface area contributed by atoms with Crippen molar-refractivity contribution in [2.45, 2.75) is 56.1 Å². The van der Waals surface area contributed by atoms with Gasteiger partial charge in [0, 0.05) is 68.5 Å². The molecule has 3 aromatic rings. The maximum Gasteiger partial charge on any atom is 0.318 e. The molecule has 16 heteroatoms. The molecule has 1 N–H and O–H groups in total. The highest BCUT2D eigenvalue weighted by Gasteiger charge is 2.59. The Bertz CT molecular complexity index is 1980. The van der Waals surface area contributed by atoms with Crippen LogP contribution in [0.4, 0.5) is 10.5 Å². The van der Waals surface area contributed by atoms with Crippen LogP contribution < -0.4 is 23.8 Å². The van der Waals surface area contributed by atoms with E-state index in [4.69, 9.17) is 14.2 Å². The first kappa shape index (κ1) is 42.5. The van der Waals surface area contributed by atoms with Crippen molar-refractivity contribution >= 4 is 52.5 Å². The van der Waals surface area contributed by atoms with Crippen LogP contribution in [0.25, 0.3) is 0 Å². The number of methoxy groups -OCH3 is 2. The van der Waals surface area contributed by atoms with Crippen LogP contribution in [0.3, 0.4) is 0 Å². The maximum atomic E-state index is 15.2. The van der Waals surface area contributed by atoms with Crippen molar-refractivity contribution in [2.24, 2.45) is 0 Å². The van der Waals surface area contributed by atoms with Gasteiger partial charge in [0.25, 0.3) is 15.9 Å². The Hall–Kier alpha value is -4.26. The summed E-state index contributed by atoms with van der Waals surface area (Å²) in [5.41, 5.74) is -1.54. The number of piperazine rings is 1. The number of hydrogen-bond donors (Lipinski definition) is 1. The van der Waals surface area contributed by atoms with Crippen molar-refractivity contribution in [1.82, 2.24) is 20.0 Å². The maximum absolute atomic E-state index is 15.2. The molecular formula is C38H48Cl2N6O7S. The number of halogens is 2. The first-order valence-corrected chi connectivity index (χ1v) is 19.1. The van der Waals surface area contributed by atoms with Gasteiger partial charge in [-0.3, -0.25) is 14.6 Å². The van der Waals surface area contributed by atoms with E-state index in [-0.39, 0.29) is 70.2 Å². The van der Waals surface area contributed by atoms with Crippen LogP contribution in [-0.2, 0) is 20.4 Å². The quantitative estimate of drug-likeness (QED) is 0.298. The van der Waals surface area contributed by atoms with E-state index in [1.165, 1.54) is 50.6 Å². The number of ether oxygens (including phenoxy) is 3. The molecule has 0 aromatic heterocycles. The first-order valence-electron chi connectivity index (χ1n) is 17.6. The normalized spacial score (nSPS) is 19.3. The van der Waals surface area contributed by atoms with E-state index in [9.17, 15) is 18.5 Å². The lowest BCUT2D eigenvalue weighted by atomic mass is 9.82. The lowest BCUT2D eigenvalue weighted by Crippen LogP contribution is -2.60. The third kappa shape index (κ3) is 7.65. The van der Waals surface area contributed by atoms with Crippen LogP contribution in [0.1, 0.15) is 50.3 Å². The predicted octanol–water partition coefficient (Wildman–Crippen LogP) is 5.00. The molecule has 292 valence electrons. The summed E-state index contributed by atoms with van der Waals surface area (Å²) in [4.78, 5) is 36.1. The van der Waals surface area contributed by atoms with Gasteiger partial charge in [0.05, 0.1) is 38.1 Å². The Morgan fingerprint density at radius 1 is 0.926 bits per heavy atom. The Morgan fingerprint density at radius 3 is 2.22 bits per heavy atom. The first-order chi connectivity index (χ1) is 25.0. The number of urea groups is 1. The number of fused-ring (bicyclic) bond motifs is 1. The summed E-state index contributed by atoms with van der Waals surface area (Å²) in [6.07, 6.45) is 1.52. The van der Waals surface area contributed by atoms with Gasteiger partial charge in [-0.25, -0.2) is 13.2 Å². The average molecular weight is 804 g/mol. The van der Waals surface area contributed by atoms with Crippen molar-refractivity contribution in [1.29, 1.82) is 5.26 Å². The van der Waals surface area contributed by atoms with Gasteiger partial charge in [0.1, 0.15) is 22.1 Å². The number of benzene rings is 3. The lowest BCUT2D eigenvalue weighted by Gasteiger charge is -2.44. The molecule has 0 saturated carbocycles. The minimum atomic E-state index is -4.68. The number of para-hydroxylation sites is 1. The summed E-state index contributed by atoms with van der Waals surface area (Å²) < 4.78 is 46.7. The minimum absolute atomic E-state index is 0. The van der Waals surface area contributed by atoms with Gasteiger partial charge in [0.15, 0.2) is 5.54 Å². The van der Waals surface area contributed by atoms with E-state index >= 15 is 4.79 Å². The summed E-state index contributed by atoms with van der Waals surface area (Å²) in [6.45, 7) is 11.3. The lowest BCUT2D eigenvalue weighted by molar-refractivity contribution is -0.121.